The highest BCUT2D eigenvalue weighted by Gasteiger charge is 2.01. The van der Waals surface area contributed by atoms with Crippen LogP contribution in [-0.4, -0.2) is 5.11 Å². The number of anilines is 1. The molecule has 0 bridgehead atoms. The maximum Gasteiger partial charge on any atom is 0.126 e. The van der Waals surface area contributed by atoms with Gasteiger partial charge in [0, 0.05) is 11.1 Å². The summed E-state index contributed by atoms with van der Waals surface area (Å²) in [4.78, 5) is 0. The van der Waals surface area contributed by atoms with E-state index in [0.29, 0.717) is 5.75 Å². The number of phenols is 1. The quantitative estimate of drug-likeness (QED) is 0.601. The second-order valence-electron chi connectivity index (χ2n) is 3.21. The molecule has 2 aromatic carbocycles. The first-order valence-electron chi connectivity index (χ1n) is 4.16. The first kappa shape index (κ1) is 7.92. The number of hydrogen-bond donors (Lipinski definition) is 2. The van der Waals surface area contributed by atoms with E-state index in [1.807, 2.05) is 31.2 Å². The van der Waals surface area contributed by atoms with Crippen LogP contribution in [0.15, 0.2) is 30.3 Å². The van der Waals surface area contributed by atoms with Crippen molar-refractivity contribution in [2.75, 3.05) is 5.73 Å². The zero-order valence-corrected chi connectivity index (χ0v) is 7.41. The van der Waals surface area contributed by atoms with E-state index in [2.05, 4.69) is 0 Å². The maximum absolute atomic E-state index is 9.71. The molecule has 0 aromatic heterocycles. The zero-order chi connectivity index (χ0) is 9.42. The summed E-state index contributed by atoms with van der Waals surface area (Å²) >= 11 is 0. The summed E-state index contributed by atoms with van der Waals surface area (Å²) in [5.41, 5.74) is 7.24. The Morgan fingerprint density at radius 1 is 1.15 bits per heavy atom. The summed E-state index contributed by atoms with van der Waals surface area (Å²) in [6.07, 6.45) is 0. The maximum atomic E-state index is 9.71. The second kappa shape index (κ2) is 2.66. The molecule has 0 saturated carbocycles. The minimum absolute atomic E-state index is 0.345. The third-order valence-corrected chi connectivity index (χ3v) is 2.22. The Kier molecular flexibility index (Phi) is 1.62. The second-order valence-corrected chi connectivity index (χ2v) is 3.21. The van der Waals surface area contributed by atoms with Crippen molar-refractivity contribution < 1.29 is 5.11 Å². The molecule has 3 N–H and O–H groups in total. The number of aromatic hydroxyl groups is 1. The fourth-order valence-electron chi connectivity index (χ4n) is 1.44. The van der Waals surface area contributed by atoms with Crippen LogP contribution in [0.5, 0.6) is 5.75 Å². The summed E-state index contributed by atoms with van der Waals surface area (Å²) in [5, 5.41) is 11.5. The van der Waals surface area contributed by atoms with Gasteiger partial charge in [0.2, 0.25) is 0 Å². The zero-order valence-electron chi connectivity index (χ0n) is 7.41. The van der Waals surface area contributed by atoms with Crippen LogP contribution in [-0.2, 0) is 0 Å². The molecule has 0 radical (unpaired) electrons. The monoisotopic (exact) mass is 173 g/mol. The number of hydrogen-bond acceptors (Lipinski definition) is 2. The lowest BCUT2D eigenvalue weighted by atomic mass is 10.1. The van der Waals surface area contributed by atoms with Gasteiger partial charge in [-0.15, -0.1) is 0 Å². The normalized spacial score (nSPS) is 10.5. The van der Waals surface area contributed by atoms with Crippen LogP contribution in [0.2, 0.25) is 0 Å². The number of benzene rings is 2. The van der Waals surface area contributed by atoms with Crippen molar-refractivity contribution in [3.05, 3.63) is 35.9 Å². The van der Waals surface area contributed by atoms with Gasteiger partial charge in [0.15, 0.2) is 0 Å². The summed E-state index contributed by atoms with van der Waals surface area (Å²) in [6.45, 7) is 1.88. The average Bonchev–Trinajstić information content (AvgIpc) is 2.12. The van der Waals surface area contributed by atoms with Crippen molar-refractivity contribution >= 4 is 16.5 Å². The Labute approximate surface area is 76.6 Å². The van der Waals surface area contributed by atoms with Gasteiger partial charge in [0.1, 0.15) is 5.75 Å². The van der Waals surface area contributed by atoms with E-state index < -0.39 is 0 Å². The number of aryl methyl sites for hydroxylation is 1. The molecule has 0 aliphatic carbocycles. The van der Waals surface area contributed by atoms with Gasteiger partial charge >= 0.3 is 0 Å². The van der Waals surface area contributed by atoms with E-state index in [0.717, 1.165) is 22.0 Å². The van der Waals surface area contributed by atoms with Crippen molar-refractivity contribution in [3.63, 3.8) is 0 Å². The molecule has 2 aromatic rings. The SMILES string of the molecule is Cc1ccc2cc(N)ccc2c1O. The summed E-state index contributed by atoms with van der Waals surface area (Å²) in [6, 6.07) is 9.33. The number of nitrogen functional groups attached to an aromatic ring is 1. The lowest BCUT2D eigenvalue weighted by Gasteiger charge is -2.04. The predicted octanol–water partition coefficient (Wildman–Crippen LogP) is 2.44. The molecule has 2 heteroatoms. The van der Waals surface area contributed by atoms with E-state index in [-0.39, 0.29) is 0 Å². The number of fused-ring (bicyclic) bond motifs is 1. The molecular formula is C11H11NO. The van der Waals surface area contributed by atoms with Crippen LogP contribution >= 0.6 is 0 Å². The van der Waals surface area contributed by atoms with Crippen LogP contribution in [0, 0.1) is 6.92 Å². The third kappa shape index (κ3) is 1.20. The molecule has 0 aliphatic heterocycles. The highest BCUT2D eigenvalue weighted by Crippen LogP contribution is 2.29. The molecule has 13 heavy (non-hydrogen) atoms. The van der Waals surface area contributed by atoms with E-state index in [1.54, 1.807) is 6.07 Å². The largest absolute Gasteiger partial charge is 0.507 e. The van der Waals surface area contributed by atoms with E-state index >= 15 is 0 Å². The van der Waals surface area contributed by atoms with E-state index in [9.17, 15) is 5.11 Å². The van der Waals surface area contributed by atoms with Crippen molar-refractivity contribution in [2.24, 2.45) is 0 Å². The van der Waals surface area contributed by atoms with Gasteiger partial charge in [-0.2, -0.15) is 0 Å². The summed E-state index contributed by atoms with van der Waals surface area (Å²) < 4.78 is 0. The van der Waals surface area contributed by atoms with Crippen molar-refractivity contribution in [3.8, 4) is 5.75 Å². The topological polar surface area (TPSA) is 46.2 Å². The fourth-order valence-corrected chi connectivity index (χ4v) is 1.44. The first-order chi connectivity index (χ1) is 6.18. The van der Waals surface area contributed by atoms with Gasteiger partial charge in [0.25, 0.3) is 0 Å². The van der Waals surface area contributed by atoms with Crippen LogP contribution in [0.1, 0.15) is 5.56 Å². The van der Waals surface area contributed by atoms with Gasteiger partial charge in [-0.1, -0.05) is 12.1 Å². The van der Waals surface area contributed by atoms with Gasteiger partial charge in [-0.3, -0.25) is 0 Å². The van der Waals surface area contributed by atoms with Crippen LogP contribution in [0.4, 0.5) is 5.69 Å². The van der Waals surface area contributed by atoms with Crippen molar-refractivity contribution in [1.29, 1.82) is 0 Å². The smallest absolute Gasteiger partial charge is 0.126 e. The fraction of sp³-hybridized carbons (Fsp3) is 0.0909. The highest BCUT2D eigenvalue weighted by atomic mass is 16.3. The van der Waals surface area contributed by atoms with E-state index in [4.69, 9.17) is 5.73 Å². The Morgan fingerprint density at radius 3 is 2.69 bits per heavy atom. The molecule has 0 heterocycles. The third-order valence-electron chi connectivity index (χ3n) is 2.22. The molecule has 0 atom stereocenters. The van der Waals surface area contributed by atoms with E-state index in [1.165, 1.54) is 0 Å². The minimum atomic E-state index is 0.345. The lowest BCUT2D eigenvalue weighted by Crippen LogP contribution is -1.84. The molecule has 2 rings (SSSR count). The molecule has 0 aliphatic rings. The number of rotatable bonds is 0. The lowest BCUT2D eigenvalue weighted by molar-refractivity contribution is 0.477. The van der Waals surface area contributed by atoms with Crippen molar-refractivity contribution in [2.45, 2.75) is 6.92 Å². The summed E-state index contributed by atoms with van der Waals surface area (Å²) in [5.74, 6) is 0.345. The molecule has 0 fully saturated rings. The Hall–Kier alpha value is -1.70. The van der Waals surface area contributed by atoms with Gasteiger partial charge < -0.3 is 10.8 Å². The van der Waals surface area contributed by atoms with Gasteiger partial charge in [-0.25, -0.2) is 0 Å². The Bertz CT molecular complexity index is 463. The Morgan fingerprint density at radius 2 is 1.92 bits per heavy atom. The van der Waals surface area contributed by atoms with Crippen LogP contribution in [0.25, 0.3) is 10.8 Å². The van der Waals surface area contributed by atoms with Gasteiger partial charge in [-0.05, 0) is 36.1 Å². The first-order valence-corrected chi connectivity index (χ1v) is 4.16. The number of nitrogens with two attached hydrogens (primary N) is 1. The molecule has 0 saturated heterocycles. The molecule has 0 unspecified atom stereocenters. The van der Waals surface area contributed by atoms with Crippen LogP contribution in [0.3, 0.4) is 0 Å². The minimum Gasteiger partial charge on any atom is -0.507 e. The van der Waals surface area contributed by atoms with Crippen LogP contribution < -0.4 is 5.73 Å². The molecule has 66 valence electrons. The molecule has 2 nitrogen and oxygen atoms in total. The standard InChI is InChI=1S/C11H11NO/c1-7-2-3-8-6-9(12)4-5-10(8)11(7)13/h2-6,13H,12H2,1H3. The molecular weight excluding hydrogens is 162 g/mol. The molecule has 0 spiro atoms. The van der Waals surface area contributed by atoms with Crippen molar-refractivity contribution in [1.82, 2.24) is 0 Å². The number of phenolic OH excluding ortho intramolecular Hbond substituents is 1. The predicted molar refractivity (Wildman–Crippen MR) is 54.8 cm³/mol. The Balaban J connectivity index is 2.87. The average molecular weight is 173 g/mol. The summed E-state index contributed by atoms with van der Waals surface area (Å²) in [7, 11) is 0. The molecule has 0 amide bonds. The van der Waals surface area contributed by atoms with Gasteiger partial charge in [0.05, 0.1) is 0 Å². The highest BCUT2D eigenvalue weighted by molar-refractivity contribution is 5.91.